The number of ether oxygens (including phenoxy) is 2. The number of hydrogen-bond donors (Lipinski definition) is 0. The van der Waals surface area contributed by atoms with Crippen LogP contribution in [0.2, 0.25) is 0 Å². The number of carbonyl (C=O) groups is 2. The smallest absolute Gasteiger partial charge is 0.308 e. The van der Waals surface area contributed by atoms with E-state index in [4.69, 9.17) is 9.47 Å². The van der Waals surface area contributed by atoms with Gasteiger partial charge in [-0.05, 0) is 43.9 Å². The first kappa shape index (κ1) is 32.9. The quantitative estimate of drug-likeness (QED) is 0.102. The van der Waals surface area contributed by atoms with Crippen LogP contribution in [0.25, 0.3) is 0 Å². The van der Waals surface area contributed by atoms with Gasteiger partial charge in [0, 0.05) is 6.42 Å². The highest BCUT2D eigenvalue weighted by molar-refractivity contribution is 5.72. The van der Waals surface area contributed by atoms with E-state index in [9.17, 15) is 9.59 Å². The summed E-state index contributed by atoms with van der Waals surface area (Å²) in [5.41, 5.74) is 0. The Kier molecular flexibility index (Phi) is 22.9. The minimum Gasteiger partial charge on any atom is -0.466 e. The van der Waals surface area contributed by atoms with Crippen molar-refractivity contribution in [3.05, 3.63) is 0 Å². The zero-order valence-electron chi connectivity index (χ0n) is 23.5. The van der Waals surface area contributed by atoms with Gasteiger partial charge in [0.05, 0.1) is 19.1 Å². The first-order valence-electron chi connectivity index (χ1n) is 14.7. The Morgan fingerprint density at radius 3 is 1.53 bits per heavy atom. The maximum atomic E-state index is 12.3. The third-order valence-electron chi connectivity index (χ3n) is 6.62. The Hall–Kier alpha value is -1.06. The summed E-state index contributed by atoms with van der Waals surface area (Å²) in [6.45, 7) is 12.3. The molecule has 0 rings (SSSR count). The lowest BCUT2D eigenvalue weighted by Gasteiger charge is -2.14. The fourth-order valence-electron chi connectivity index (χ4n) is 4.24. The fraction of sp³-hybridized carbons (Fsp3) is 0.933. The zero-order chi connectivity index (χ0) is 25.4. The van der Waals surface area contributed by atoms with Crippen LogP contribution in [0.5, 0.6) is 0 Å². The van der Waals surface area contributed by atoms with Crippen molar-refractivity contribution >= 4 is 11.9 Å². The fourth-order valence-corrected chi connectivity index (χ4v) is 4.24. The monoisotopic (exact) mass is 482 g/mol. The van der Waals surface area contributed by atoms with E-state index >= 15 is 0 Å². The van der Waals surface area contributed by atoms with Crippen LogP contribution in [0, 0.1) is 17.8 Å². The van der Waals surface area contributed by atoms with Crippen LogP contribution in [0.4, 0.5) is 0 Å². The van der Waals surface area contributed by atoms with Crippen molar-refractivity contribution in [2.24, 2.45) is 17.8 Å². The molecule has 4 nitrogen and oxygen atoms in total. The Bertz CT molecular complexity index is 472. The number of rotatable bonds is 24. The molecule has 0 saturated heterocycles. The molecule has 0 fully saturated rings. The van der Waals surface area contributed by atoms with Gasteiger partial charge in [-0.1, -0.05) is 112 Å². The summed E-state index contributed by atoms with van der Waals surface area (Å²) in [7, 11) is 0. The largest absolute Gasteiger partial charge is 0.466 e. The highest BCUT2D eigenvalue weighted by atomic mass is 16.5. The second kappa shape index (κ2) is 23.7. The van der Waals surface area contributed by atoms with E-state index in [1.54, 1.807) is 0 Å². The summed E-state index contributed by atoms with van der Waals surface area (Å²) in [6, 6.07) is 0. The number of unbranched alkanes of at least 4 members (excludes halogenated alkanes) is 10. The van der Waals surface area contributed by atoms with Crippen molar-refractivity contribution in [1.29, 1.82) is 0 Å². The van der Waals surface area contributed by atoms with E-state index in [0.29, 0.717) is 19.6 Å². The first-order chi connectivity index (χ1) is 16.4. The molecule has 34 heavy (non-hydrogen) atoms. The molecule has 0 aromatic heterocycles. The Labute approximate surface area is 212 Å². The van der Waals surface area contributed by atoms with Crippen molar-refractivity contribution in [2.75, 3.05) is 13.2 Å². The molecular weight excluding hydrogens is 424 g/mol. The van der Waals surface area contributed by atoms with Gasteiger partial charge in [0.1, 0.15) is 0 Å². The van der Waals surface area contributed by atoms with Crippen molar-refractivity contribution < 1.29 is 19.1 Å². The second-order valence-corrected chi connectivity index (χ2v) is 11.0. The molecule has 0 radical (unpaired) electrons. The summed E-state index contributed by atoms with van der Waals surface area (Å²) >= 11 is 0. The molecule has 0 N–H and O–H groups in total. The molecule has 0 aliphatic rings. The van der Waals surface area contributed by atoms with Gasteiger partial charge in [-0.3, -0.25) is 9.59 Å². The molecule has 1 atom stereocenters. The third-order valence-corrected chi connectivity index (χ3v) is 6.62. The van der Waals surface area contributed by atoms with E-state index < -0.39 is 0 Å². The van der Waals surface area contributed by atoms with E-state index in [0.717, 1.165) is 69.6 Å². The van der Waals surface area contributed by atoms with Crippen molar-refractivity contribution in [1.82, 2.24) is 0 Å². The summed E-state index contributed by atoms with van der Waals surface area (Å²) in [5.74, 6) is 1.57. The molecule has 0 aromatic rings. The lowest BCUT2D eigenvalue weighted by Crippen LogP contribution is -2.17. The molecule has 0 aromatic carbocycles. The molecule has 202 valence electrons. The first-order valence-corrected chi connectivity index (χ1v) is 14.7. The third kappa shape index (κ3) is 22.7. The normalized spacial score (nSPS) is 12.3. The van der Waals surface area contributed by atoms with Gasteiger partial charge in [-0.25, -0.2) is 0 Å². The number of hydrogen-bond acceptors (Lipinski definition) is 4. The SMILES string of the molecule is CCC(CCCCCCCCCC(=O)OCCCCCC(C)C)C(=O)OCCCCCC(C)C. The molecular formula is C30H58O4. The highest BCUT2D eigenvalue weighted by Gasteiger charge is 2.17. The standard InChI is InChI=1S/C30H58O4/c1-6-28(30(32)34-25-19-13-15-21-27(4)5)22-16-10-8-7-9-11-17-23-29(31)33-24-18-12-14-20-26(2)3/h26-28H,6-25H2,1-5H3. The van der Waals surface area contributed by atoms with Gasteiger partial charge >= 0.3 is 11.9 Å². The van der Waals surface area contributed by atoms with Crippen LogP contribution < -0.4 is 0 Å². The van der Waals surface area contributed by atoms with Crippen LogP contribution in [-0.2, 0) is 19.1 Å². The predicted molar refractivity (Wildman–Crippen MR) is 144 cm³/mol. The van der Waals surface area contributed by atoms with Crippen molar-refractivity contribution in [3.63, 3.8) is 0 Å². The van der Waals surface area contributed by atoms with Gasteiger partial charge in [0.2, 0.25) is 0 Å². The summed E-state index contributed by atoms with van der Waals surface area (Å²) in [4.78, 5) is 24.1. The van der Waals surface area contributed by atoms with E-state index in [1.165, 1.54) is 51.4 Å². The molecule has 0 bridgehead atoms. The molecule has 0 saturated carbocycles. The van der Waals surface area contributed by atoms with Gasteiger partial charge in [-0.15, -0.1) is 0 Å². The molecule has 1 unspecified atom stereocenters. The van der Waals surface area contributed by atoms with Gasteiger partial charge in [0.15, 0.2) is 0 Å². The van der Waals surface area contributed by atoms with Crippen LogP contribution in [0.15, 0.2) is 0 Å². The summed E-state index contributed by atoms with van der Waals surface area (Å²) in [5, 5.41) is 0. The van der Waals surface area contributed by atoms with Crippen LogP contribution in [-0.4, -0.2) is 25.2 Å². The number of carbonyl (C=O) groups excluding carboxylic acids is 2. The second-order valence-electron chi connectivity index (χ2n) is 11.0. The minimum atomic E-state index is -0.0306. The van der Waals surface area contributed by atoms with E-state index in [2.05, 4.69) is 34.6 Å². The van der Waals surface area contributed by atoms with Gasteiger partial charge in [0.25, 0.3) is 0 Å². The van der Waals surface area contributed by atoms with Crippen molar-refractivity contribution in [2.45, 2.75) is 150 Å². The molecule has 0 aliphatic heterocycles. The summed E-state index contributed by atoms with van der Waals surface area (Å²) < 4.78 is 10.9. The van der Waals surface area contributed by atoms with E-state index in [-0.39, 0.29) is 17.9 Å². The van der Waals surface area contributed by atoms with Crippen LogP contribution in [0.1, 0.15) is 150 Å². The molecule has 0 aliphatic carbocycles. The molecule has 0 spiro atoms. The lowest BCUT2D eigenvalue weighted by atomic mass is 9.98. The van der Waals surface area contributed by atoms with E-state index in [1.807, 2.05) is 0 Å². The maximum absolute atomic E-state index is 12.3. The average molecular weight is 483 g/mol. The topological polar surface area (TPSA) is 52.6 Å². The molecule has 0 amide bonds. The van der Waals surface area contributed by atoms with Gasteiger partial charge in [-0.2, -0.15) is 0 Å². The maximum Gasteiger partial charge on any atom is 0.308 e. The average Bonchev–Trinajstić information content (AvgIpc) is 2.79. The lowest BCUT2D eigenvalue weighted by molar-refractivity contribution is -0.149. The zero-order valence-corrected chi connectivity index (χ0v) is 23.5. The highest BCUT2D eigenvalue weighted by Crippen LogP contribution is 2.18. The van der Waals surface area contributed by atoms with Gasteiger partial charge < -0.3 is 9.47 Å². The van der Waals surface area contributed by atoms with Crippen LogP contribution in [0.3, 0.4) is 0 Å². The van der Waals surface area contributed by atoms with Crippen molar-refractivity contribution in [3.8, 4) is 0 Å². The van der Waals surface area contributed by atoms with Crippen LogP contribution >= 0.6 is 0 Å². The molecule has 4 heteroatoms. The predicted octanol–water partition coefficient (Wildman–Crippen LogP) is 9.04. The Morgan fingerprint density at radius 2 is 1.00 bits per heavy atom. The summed E-state index contributed by atoms with van der Waals surface area (Å²) in [6.07, 6.45) is 19.6. The Morgan fingerprint density at radius 1 is 0.559 bits per heavy atom. The minimum absolute atomic E-state index is 0.00815. The Balaban J connectivity index is 3.52. The molecule has 0 heterocycles. The number of esters is 2.